The Morgan fingerprint density at radius 1 is 1.16 bits per heavy atom. The maximum atomic E-state index is 12.9. The van der Waals surface area contributed by atoms with Gasteiger partial charge in [-0.3, -0.25) is 4.79 Å². The van der Waals surface area contributed by atoms with Crippen LogP contribution in [0, 0.1) is 11.8 Å². The van der Waals surface area contributed by atoms with Gasteiger partial charge in [-0.25, -0.2) is 18.9 Å². The minimum atomic E-state index is -0.341. The van der Waals surface area contributed by atoms with Gasteiger partial charge in [0.1, 0.15) is 6.54 Å². The number of rotatable bonds is 7. The molecule has 32 heavy (non-hydrogen) atoms. The van der Waals surface area contributed by atoms with Gasteiger partial charge < -0.3 is 10.2 Å². The molecule has 3 aromatic rings. The molecule has 1 aliphatic rings. The lowest BCUT2D eigenvalue weighted by Gasteiger charge is -2.35. The average molecular weight is 437 g/mol. The van der Waals surface area contributed by atoms with Gasteiger partial charge in [-0.15, -0.1) is 5.10 Å². The summed E-state index contributed by atoms with van der Waals surface area (Å²) in [4.78, 5) is 32.2. The molecule has 0 aliphatic carbocycles. The molecule has 0 unspecified atom stereocenters. The zero-order chi connectivity index (χ0) is 22.7. The van der Waals surface area contributed by atoms with Crippen molar-refractivity contribution in [1.82, 2.24) is 19.2 Å². The second kappa shape index (κ2) is 9.54. The molecule has 8 nitrogen and oxygen atoms in total. The van der Waals surface area contributed by atoms with Gasteiger partial charge in [0.05, 0.1) is 0 Å². The van der Waals surface area contributed by atoms with Crippen LogP contribution >= 0.6 is 0 Å². The molecule has 2 atom stereocenters. The van der Waals surface area contributed by atoms with Crippen molar-refractivity contribution < 1.29 is 4.79 Å². The third-order valence-corrected chi connectivity index (χ3v) is 6.00. The number of amides is 1. The molecule has 0 saturated carbocycles. The third kappa shape index (κ3) is 4.84. The normalized spacial score (nSPS) is 18.8. The van der Waals surface area contributed by atoms with E-state index < -0.39 is 0 Å². The topological polar surface area (TPSA) is 84.5 Å². The van der Waals surface area contributed by atoms with Crippen molar-refractivity contribution >= 4 is 23.1 Å². The SMILES string of the molecule is CCCCc1ccc(NC(=O)Cn2nc3c(N4C[C@H](C)C[C@@H](C)C4)nccn3c2=O)cc1. The van der Waals surface area contributed by atoms with Gasteiger partial charge in [0.2, 0.25) is 11.6 Å². The van der Waals surface area contributed by atoms with Gasteiger partial charge in [-0.1, -0.05) is 39.3 Å². The van der Waals surface area contributed by atoms with Crippen LogP contribution in [0.2, 0.25) is 0 Å². The van der Waals surface area contributed by atoms with E-state index in [9.17, 15) is 9.59 Å². The number of carbonyl (C=O) groups excluding carboxylic acids is 1. The monoisotopic (exact) mass is 436 g/mol. The Bertz CT molecular complexity index is 1120. The number of nitrogens with zero attached hydrogens (tertiary/aromatic N) is 5. The van der Waals surface area contributed by atoms with Gasteiger partial charge in [0.25, 0.3) is 0 Å². The van der Waals surface area contributed by atoms with Crippen molar-refractivity contribution in [2.45, 2.75) is 53.0 Å². The number of piperidine rings is 1. The van der Waals surface area contributed by atoms with E-state index in [0.717, 1.165) is 32.4 Å². The molecule has 1 fully saturated rings. The lowest BCUT2D eigenvalue weighted by Crippen LogP contribution is -2.39. The molecule has 0 bridgehead atoms. The quantitative estimate of drug-likeness (QED) is 0.614. The third-order valence-electron chi connectivity index (χ3n) is 6.00. The summed E-state index contributed by atoms with van der Waals surface area (Å²) in [5, 5.41) is 7.33. The molecule has 1 aliphatic heterocycles. The second-order valence-electron chi connectivity index (χ2n) is 9.08. The molecule has 1 aromatic carbocycles. The predicted molar refractivity (Wildman–Crippen MR) is 126 cm³/mol. The number of hydrogen-bond donors (Lipinski definition) is 1. The van der Waals surface area contributed by atoms with Crippen LogP contribution in [0.5, 0.6) is 0 Å². The number of anilines is 2. The molecular formula is C24H32N6O2. The van der Waals surface area contributed by atoms with E-state index in [1.165, 1.54) is 21.1 Å². The van der Waals surface area contributed by atoms with Crippen LogP contribution in [-0.4, -0.2) is 38.2 Å². The van der Waals surface area contributed by atoms with Crippen molar-refractivity contribution in [3.05, 3.63) is 52.7 Å². The molecule has 0 spiro atoms. The van der Waals surface area contributed by atoms with E-state index >= 15 is 0 Å². The number of fused-ring (bicyclic) bond motifs is 1. The Labute approximate surface area is 188 Å². The average Bonchev–Trinajstić information content (AvgIpc) is 3.08. The molecule has 0 radical (unpaired) electrons. The lowest BCUT2D eigenvalue weighted by molar-refractivity contribution is -0.117. The Kier molecular flexibility index (Phi) is 6.58. The standard InChI is InChI=1S/C24H32N6O2/c1-4-5-6-19-7-9-20(10-8-19)26-21(31)16-30-24(32)29-12-11-25-22(23(29)27-30)28-14-17(2)13-18(3)15-28/h7-12,17-18H,4-6,13-16H2,1-3H3,(H,26,31)/t17-,18-/m1/s1. The zero-order valence-corrected chi connectivity index (χ0v) is 19.1. The van der Waals surface area contributed by atoms with Crippen LogP contribution < -0.4 is 15.9 Å². The molecule has 2 aromatic heterocycles. The molecule has 3 heterocycles. The van der Waals surface area contributed by atoms with Crippen molar-refractivity contribution in [1.29, 1.82) is 0 Å². The van der Waals surface area contributed by atoms with Crippen molar-refractivity contribution in [3.63, 3.8) is 0 Å². The van der Waals surface area contributed by atoms with E-state index in [1.807, 2.05) is 24.3 Å². The van der Waals surface area contributed by atoms with Crippen molar-refractivity contribution in [2.24, 2.45) is 11.8 Å². The van der Waals surface area contributed by atoms with Crippen LogP contribution in [0.3, 0.4) is 0 Å². The van der Waals surface area contributed by atoms with Gasteiger partial charge in [-0.2, -0.15) is 0 Å². The van der Waals surface area contributed by atoms with Crippen LogP contribution in [0.1, 0.15) is 45.6 Å². The fourth-order valence-electron chi connectivity index (χ4n) is 4.57. The molecule has 1 N–H and O–H groups in total. The number of aryl methyl sites for hydroxylation is 1. The Morgan fingerprint density at radius 2 is 1.88 bits per heavy atom. The summed E-state index contributed by atoms with van der Waals surface area (Å²) in [5.74, 6) is 1.51. The highest BCUT2D eigenvalue weighted by Crippen LogP contribution is 2.26. The van der Waals surface area contributed by atoms with Gasteiger partial charge in [0, 0.05) is 31.2 Å². The number of nitrogens with one attached hydrogen (secondary N) is 1. The van der Waals surface area contributed by atoms with Gasteiger partial charge in [-0.05, 0) is 48.8 Å². The maximum Gasteiger partial charge on any atom is 0.350 e. The molecule has 4 rings (SSSR count). The van der Waals surface area contributed by atoms with E-state index in [4.69, 9.17) is 0 Å². The summed E-state index contributed by atoms with van der Waals surface area (Å²) < 4.78 is 2.68. The summed E-state index contributed by atoms with van der Waals surface area (Å²) in [7, 11) is 0. The fourth-order valence-corrected chi connectivity index (χ4v) is 4.57. The van der Waals surface area contributed by atoms with Crippen LogP contribution in [0.25, 0.3) is 5.65 Å². The first-order valence-corrected chi connectivity index (χ1v) is 11.5. The number of aromatic nitrogens is 4. The zero-order valence-electron chi connectivity index (χ0n) is 19.1. The minimum absolute atomic E-state index is 0.148. The van der Waals surface area contributed by atoms with E-state index in [0.29, 0.717) is 29.0 Å². The van der Waals surface area contributed by atoms with Crippen LogP contribution in [0.4, 0.5) is 11.5 Å². The van der Waals surface area contributed by atoms with Crippen molar-refractivity contribution in [2.75, 3.05) is 23.3 Å². The molecule has 1 amide bonds. The highest BCUT2D eigenvalue weighted by atomic mass is 16.2. The Hall–Kier alpha value is -3.16. The highest BCUT2D eigenvalue weighted by Gasteiger charge is 2.25. The minimum Gasteiger partial charge on any atom is -0.353 e. The van der Waals surface area contributed by atoms with Gasteiger partial charge in [0.15, 0.2) is 5.82 Å². The fraction of sp³-hybridized carbons (Fsp3) is 0.500. The summed E-state index contributed by atoms with van der Waals surface area (Å²) in [6, 6.07) is 7.86. The largest absolute Gasteiger partial charge is 0.353 e. The number of hydrogen-bond acceptors (Lipinski definition) is 5. The molecular weight excluding hydrogens is 404 g/mol. The number of carbonyl (C=O) groups is 1. The summed E-state index contributed by atoms with van der Waals surface area (Å²) in [6.07, 6.45) is 7.75. The molecule has 8 heteroatoms. The molecule has 170 valence electrons. The predicted octanol–water partition coefficient (Wildman–Crippen LogP) is 3.35. The highest BCUT2D eigenvalue weighted by molar-refractivity contribution is 5.90. The van der Waals surface area contributed by atoms with Crippen LogP contribution in [0.15, 0.2) is 41.5 Å². The van der Waals surface area contributed by atoms with E-state index in [-0.39, 0.29) is 18.1 Å². The lowest BCUT2D eigenvalue weighted by atomic mass is 9.92. The summed E-state index contributed by atoms with van der Waals surface area (Å²) in [5.41, 5.74) is 2.12. The Morgan fingerprint density at radius 3 is 2.56 bits per heavy atom. The maximum absolute atomic E-state index is 12.9. The van der Waals surface area contributed by atoms with E-state index in [1.54, 1.807) is 12.4 Å². The first-order valence-electron chi connectivity index (χ1n) is 11.5. The Balaban J connectivity index is 1.50. The first kappa shape index (κ1) is 22.0. The van der Waals surface area contributed by atoms with Crippen molar-refractivity contribution in [3.8, 4) is 0 Å². The second-order valence-corrected chi connectivity index (χ2v) is 9.08. The first-order chi connectivity index (χ1) is 15.4. The summed E-state index contributed by atoms with van der Waals surface area (Å²) in [6.45, 7) is 8.24. The number of unbranched alkanes of at least 4 members (excludes halogenated alkanes) is 1. The summed E-state index contributed by atoms with van der Waals surface area (Å²) >= 11 is 0. The van der Waals surface area contributed by atoms with Gasteiger partial charge >= 0.3 is 5.69 Å². The molecule has 1 saturated heterocycles. The number of benzene rings is 1. The van der Waals surface area contributed by atoms with E-state index in [2.05, 4.69) is 41.1 Å². The van der Waals surface area contributed by atoms with Crippen LogP contribution in [-0.2, 0) is 17.8 Å². The smallest absolute Gasteiger partial charge is 0.350 e.